The van der Waals surface area contributed by atoms with Crippen molar-refractivity contribution < 1.29 is 22.7 Å². The molecule has 0 aliphatic carbocycles. The molecule has 0 saturated carbocycles. The molecule has 0 radical (unpaired) electrons. The van der Waals surface area contributed by atoms with Gasteiger partial charge in [-0.3, -0.25) is 4.79 Å². The summed E-state index contributed by atoms with van der Waals surface area (Å²) in [5.41, 5.74) is -1.98. The summed E-state index contributed by atoms with van der Waals surface area (Å²) in [5, 5.41) is 0. The quantitative estimate of drug-likeness (QED) is 0.668. The van der Waals surface area contributed by atoms with Gasteiger partial charge in [0.1, 0.15) is 0 Å². The third-order valence-corrected chi connectivity index (χ3v) is 1.94. The van der Waals surface area contributed by atoms with Crippen molar-refractivity contribution in [2.75, 3.05) is 6.61 Å². The summed E-state index contributed by atoms with van der Waals surface area (Å²) in [6.07, 6.45) is -2.11. The van der Waals surface area contributed by atoms with Gasteiger partial charge in [0, 0.05) is 17.8 Å². The van der Waals surface area contributed by atoms with E-state index in [-0.39, 0.29) is 12.2 Å². The number of hydrogen-bond acceptors (Lipinski definition) is 3. The Morgan fingerprint density at radius 3 is 2.72 bits per heavy atom. The van der Waals surface area contributed by atoms with E-state index in [0.29, 0.717) is 12.3 Å². The molecule has 4 nitrogen and oxygen atoms in total. The van der Waals surface area contributed by atoms with Gasteiger partial charge < -0.3 is 9.72 Å². The molecule has 18 heavy (non-hydrogen) atoms. The van der Waals surface area contributed by atoms with E-state index >= 15 is 0 Å². The van der Waals surface area contributed by atoms with Crippen LogP contribution in [0.15, 0.2) is 23.1 Å². The molecule has 0 amide bonds. The van der Waals surface area contributed by atoms with Gasteiger partial charge in [0.05, 0.1) is 12.2 Å². The van der Waals surface area contributed by atoms with Crippen LogP contribution in [0.25, 0.3) is 6.08 Å². The molecule has 1 N–H and O–H groups in total. The van der Waals surface area contributed by atoms with E-state index in [1.165, 1.54) is 0 Å². The maximum Gasteiger partial charge on any atom is 0.417 e. The van der Waals surface area contributed by atoms with E-state index in [9.17, 15) is 22.8 Å². The topological polar surface area (TPSA) is 59.2 Å². The Morgan fingerprint density at radius 1 is 1.50 bits per heavy atom. The average molecular weight is 261 g/mol. The van der Waals surface area contributed by atoms with Gasteiger partial charge >= 0.3 is 12.1 Å². The number of hydrogen-bond donors (Lipinski definition) is 1. The molecule has 0 bridgehead atoms. The molecule has 0 spiro atoms. The highest BCUT2D eigenvalue weighted by molar-refractivity contribution is 5.86. The second-order valence-electron chi connectivity index (χ2n) is 3.26. The lowest BCUT2D eigenvalue weighted by molar-refractivity contribution is -0.138. The Balaban J connectivity index is 3.02. The number of aromatic nitrogens is 1. The Labute approximate surface area is 100 Å². The standard InChI is InChI=1S/C11H10F3NO3/c1-2-18-9(16)4-3-7-5-8(11(12,13)14)6-15-10(7)17/h3-6H,2H2,1H3,(H,15,17). The first-order chi connectivity index (χ1) is 8.34. The summed E-state index contributed by atoms with van der Waals surface area (Å²) in [5.74, 6) is -0.727. The van der Waals surface area contributed by atoms with Crippen molar-refractivity contribution in [3.05, 3.63) is 39.8 Å². The molecular formula is C11H10F3NO3. The number of carbonyl (C=O) groups is 1. The van der Waals surface area contributed by atoms with E-state index in [1.54, 1.807) is 6.92 Å². The number of aromatic amines is 1. The van der Waals surface area contributed by atoms with E-state index < -0.39 is 23.3 Å². The maximum absolute atomic E-state index is 12.4. The molecule has 0 aliphatic rings. The van der Waals surface area contributed by atoms with Crippen molar-refractivity contribution >= 4 is 12.0 Å². The number of alkyl halides is 3. The summed E-state index contributed by atoms with van der Waals surface area (Å²) in [6.45, 7) is 1.73. The fourth-order valence-corrected chi connectivity index (χ4v) is 1.14. The minimum atomic E-state index is -4.56. The van der Waals surface area contributed by atoms with Gasteiger partial charge in [-0.25, -0.2) is 4.79 Å². The molecule has 0 unspecified atom stereocenters. The Bertz CT molecular complexity index is 517. The normalized spacial score (nSPS) is 11.8. The molecular weight excluding hydrogens is 251 g/mol. The molecule has 98 valence electrons. The fraction of sp³-hybridized carbons (Fsp3) is 0.273. The van der Waals surface area contributed by atoms with Gasteiger partial charge in [0.15, 0.2) is 0 Å². The lowest BCUT2D eigenvalue weighted by Gasteiger charge is -2.06. The fourth-order valence-electron chi connectivity index (χ4n) is 1.14. The number of rotatable bonds is 3. The first-order valence-corrected chi connectivity index (χ1v) is 4.99. The zero-order chi connectivity index (χ0) is 13.8. The Kier molecular flexibility index (Phi) is 4.30. The summed E-state index contributed by atoms with van der Waals surface area (Å²) in [4.78, 5) is 24.2. The SMILES string of the molecule is CCOC(=O)C=Cc1cc(C(F)(F)F)c[nH]c1=O. The van der Waals surface area contributed by atoms with Crippen LogP contribution in [-0.2, 0) is 15.7 Å². The molecule has 7 heteroatoms. The Morgan fingerprint density at radius 2 is 2.17 bits per heavy atom. The first-order valence-electron chi connectivity index (χ1n) is 4.99. The zero-order valence-electron chi connectivity index (χ0n) is 9.38. The predicted molar refractivity (Wildman–Crippen MR) is 57.7 cm³/mol. The smallest absolute Gasteiger partial charge is 0.417 e. The van der Waals surface area contributed by atoms with Crippen LogP contribution in [0.3, 0.4) is 0 Å². The van der Waals surface area contributed by atoms with E-state index in [2.05, 4.69) is 4.74 Å². The van der Waals surface area contributed by atoms with Gasteiger partial charge in [-0.2, -0.15) is 13.2 Å². The predicted octanol–water partition coefficient (Wildman–Crippen LogP) is 1.97. The number of nitrogens with one attached hydrogen (secondary N) is 1. The maximum atomic E-state index is 12.4. The lowest BCUT2D eigenvalue weighted by atomic mass is 10.2. The largest absolute Gasteiger partial charge is 0.463 e. The first kappa shape index (κ1) is 14.0. The molecule has 1 aromatic rings. The van der Waals surface area contributed by atoms with Crippen LogP contribution >= 0.6 is 0 Å². The summed E-state index contributed by atoms with van der Waals surface area (Å²) < 4.78 is 41.7. The highest BCUT2D eigenvalue weighted by atomic mass is 19.4. The summed E-state index contributed by atoms with van der Waals surface area (Å²) in [6, 6.07) is 0.661. The zero-order valence-corrected chi connectivity index (χ0v) is 9.38. The van der Waals surface area contributed by atoms with Crippen molar-refractivity contribution in [3.8, 4) is 0 Å². The number of pyridine rings is 1. The number of halogens is 3. The van der Waals surface area contributed by atoms with Crippen LogP contribution in [0.1, 0.15) is 18.1 Å². The average Bonchev–Trinajstić information content (AvgIpc) is 2.26. The lowest BCUT2D eigenvalue weighted by Crippen LogP contribution is -2.14. The molecule has 0 aliphatic heterocycles. The van der Waals surface area contributed by atoms with Crippen molar-refractivity contribution in [3.63, 3.8) is 0 Å². The van der Waals surface area contributed by atoms with Crippen molar-refractivity contribution in [2.24, 2.45) is 0 Å². The van der Waals surface area contributed by atoms with Crippen molar-refractivity contribution in [1.82, 2.24) is 4.98 Å². The monoisotopic (exact) mass is 261 g/mol. The van der Waals surface area contributed by atoms with Crippen molar-refractivity contribution in [2.45, 2.75) is 13.1 Å². The van der Waals surface area contributed by atoms with Crippen LogP contribution < -0.4 is 5.56 Å². The highest BCUT2D eigenvalue weighted by Crippen LogP contribution is 2.28. The van der Waals surface area contributed by atoms with Gasteiger partial charge in [-0.15, -0.1) is 0 Å². The number of esters is 1. The van der Waals surface area contributed by atoms with Gasteiger partial charge in [-0.1, -0.05) is 0 Å². The number of carbonyl (C=O) groups excluding carboxylic acids is 1. The minimum Gasteiger partial charge on any atom is -0.463 e. The van der Waals surface area contributed by atoms with E-state index in [0.717, 1.165) is 12.2 Å². The minimum absolute atomic E-state index is 0.141. The van der Waals surface area contributed by atoms with Crippen LogP contribution in [0, 0.1) is 0 Å². The van der Waals surface area contributed by atoms with Crippen LogP contribution in [0.5, 0.6) is 0 Å². The van der Waals surface area contributed by atoms with Gasteiger partial charge in [0.25, 0.3) is 5.56 Å². The Hall–Kier alpha value is -2.05. The van der Waals surface area contributed by atoms with E-state index in [4.69, 9.17) is 0 Å². The molecule has 1 rings (SSSR count). The molecule has 0 atom stereocenters. The summed E-state index contributed by atoms with van der Waals surface area (Å²) in [7, 11) is 0. The van der Waals surface area contributed by atoms with Crippen LogP contribution in [-0.4, -0.2) is 17.6 Å². The number of H-pyrrole nitrogens is 1. The third-order valence-electron chi connectivity index (χ3n) is 1.94. The summed E-state index contributed by atoms with van der Waals surface area (Å²) >= 11 is 0. The van der Waals surface area contributed by atoms with Gasteiger partial charge in [0.2, 0.25) is 0 Å². The molecule has 0 aromatic carbocycles. The molecule has 0 saturated heterocycles. The molecule has 1 heterocycles. The van der Waals surface area contributed by atoms with Gasteiger partial charge in [-0.05, 0) is 19.1 Å². The number of ether oxygens (including phenoxy) is 1. The molecule has 0 fully saturated rings. The van der Waals surface area contributed by atoms with Crippen molar-refractivity contribution in [1.29, 1.82) is 0 Å². The van der Waals surface area contributed by atoms with Crippen LogP contribution in [0.4, 0.5) is 13.2 Å². The second kappa shape index (κ2) is 5.52. The highest BCUT2D eigenvalue weighted by Gasteiger charge is 2.31. The molecule has 1 aromatic heterocycles. The van der Waals surface area contributed by atoms with E-state index in [1.807, 2.05) is 4.98 Å². The van der Waals surface area contributed by atoms with Crippen LogP contribution in [0.2, 0.25) is 0 Å². The second-order valence-corrected chi connectivity index (χ2v) is 3.26. The third kappa shape index (κ3) is 3.76.